The molecule has 2 bridgehead atoms. The molecular weight excluding hydrogens is 268 g/mol. The van der Waals surface area contributed by atoms with Crippen molar-refractivity contribution < 1.29 is 0 Å². The Balaban J connectivity index is 1.88. The Bertz CT molecular complexity index is 490. The van der Waals surface area contributed by atoms with Crippen LogP contribution < -0.4 is 5.73 Å². The van der Waals surface area contributed by atoms with Crippen LogP contribution in [0.15, 0.2) is 24.3 Å². The van der Waals surface area contributed by atoms with Gasteiger partial charge in [-0.25, -0.2) is 0 Å². The molecule has 3 heteroatoms. The van der Waals surface area contributed by atoms with Crippen LogP contribution in [-0.2, 0) is 0 Å². The number of rotatable bonds is 4. The maximum Gasteiger partial charge on any atom is 0.0453 e. The van der Waals surface area contributed by atoms with Gasteiger partial charge in [-0.15, -0.1) is 0 Å². The highest BCUT2D eigenvalue weighted by Gasteiger charge is 2.53. The molecule has 2 nitrogen and oxygen atoms in total. The minimum atomic E-state index is 0.182. The highest BCUT2D eigenvalue weighted by Crippen LogP contribution is 2.54. The summed E-state index contributed by atoms with van der Waals surface area (Å²) in [5.74, 6) is 1.66. The van der Waals surface area contributed by atoms with Gasteiger partial charge in [0.15, 0.2) is 0 Å². The third kappa shape index (κ3) is 2.09. The average molecular weight is 293 g/mol. The second kappa shape index (κ2) is 5.32. The summed E-state index contributed by atoms with van der Waals surface area (Å²) in [6.45, 7) is 3.02. The summed E-state index contributed by atoms with van der Waals surface area (Å²) in [4.78, 5) is 2.51. The van der Waals surface area contributed by atoms with Crippen LogP contribution in [0.4, 0.5) is 0 Å². The SMILES string of the molecule is CC(c1ccccc1Cl)N(C)C1(CN)CC2CCC1C2. The first-order valence-corrected chi connectivity index (χ1v) is 8.13. The Kier molecular flexibility index (Phi) is 3.83. The molecule has 2 aliphatic carbocycles. The van der Waals surface area contributed by atoms with E-state index in [1.807, 2.05) is 12.1 Å². The zero-order valence-electron chi connectivity index (χ0n) is 12.5. The molecule has 0 amide bonds. The van der Waals surface area contributed by atoms with Gasteiger partial charge in [0, 0.05) is 23.1 Å². The van der Waals surface area contributed by atoms with E-state index in [9.17, 15) is 0 Å². The highest BCUT2D eigenvalue weighted by molar-refractivity contribution is 6.31. The van der Waals surface area contributed by atoms with E-state index in [1.165, 1.54) is 31.2 Å². The van der Waals surface area contributed by atoms with Crippen molar-refractivity contribution in [1.82, 2.24) is 4.90 Å². The summed E-state index contributed by atoms with van der Waals surface area (Å²) in [5, 5.41) is 0.863. The molecule has 2 fully saturated rings. The first-order chi connectivity index (χ1) is 9.58. The lowest BCUT2D eigenvalue weighted by Crippen LogP contribution is -2.56. The molecule has 1 aromatic rings. The molecule has 0 aliphatic heterocycles. The van der Waals surface area contributed by atoms with Crippen LogP contribution in [0.5, 0.6) is 0 Å². The lowest BCUT2D eigenvalue weighted by Gasteiger charge is -2.47. The summed E-state index contributed by atoms with van der Waals surface area (Å²) in [5.41, 5.74) is 7.63. The monoisotopic (exact) mass is 292 g/mol. The van der Waals surface area contributed by atoms with Gasteiger partial charge in [0.25, 0.3) is 0 Å². The molecule has 0 aromatic heterocycles. The fourth-order valence-electron chi connectivity index (χ4n) is 4.65. The lowest BCUT2D eigenvalue weighted by molar-refractivity contribution is 0.0340. The normalized spacial score (nSPS) is 33.9. The molecule has 2 aliphatic rings. The van der Waals surface area contributed by atoms with Crippen LogP contribution in [0.25, 0.3) is 0 Å². The number of halogens is 1. The Hall–Kier alpha value is -0.570. The summed E-state index contributed by atoms with van der Waals surface area (Å²) < 4.78 is 0. The second-order valence-electron chi connectivity index (χ2n) is 6.70. The fourth-order valence-corrected chi connectivity index (χ4v) is 4.94. The van der Waals surface area contributed by atoms with Gasteiger partial charge < -0.3 is 5.73 Å². The fraction of sp³-hybridized carbons (Fsp3) is 0.647. The first-order valence-electron chi connectivity index (χ1n) is 7.76. The Labute approximate surface area is 127 Å². The molecule has 0 spiro atoms. The Morgan fingerprint density at radius 1 is 1.40 bits per heavy atom. The van der Waals surface area contributed by atoms with E-state index in [-0.39, 0.29) is 5.54 Å². The molecule has 0 heterocycles. The Morgan fingerprint density at radius 2 is 2.15 bits per heavy atom. The molecule has 4 unspecified atom stereocenters. The van der Waals surface area contributed by atoms with Crippen molar-refractivity contribution in [2.24, 2.45) is 17.6 Å². The zero-order valence-corrected chi connectivity index (χ0v) is 13.2. The van der Waals surface area contributed by atoms with Crippen LogP contribution in [0.2, 0.25) is 5.02 Å². The first kappa shape index (κ1) is 14.4. The highest BCUT2D eigenvalue weighted by atomic mass is 35.5. The molecule has 3 rings (SSSR count). The van der Waals surface area contributed by atoms with E-state index in [0.717, 1.165) is 23.4 Å². The molecule has 110 valence electrons. The molecule has 0 radical (unpaired) electrons. The van der Waals surface area contributed by atoms with Crippen LogP contribution >= 0.6 is 11.6 Å². The molecule has 2 saturated carbocycles. The number of fused-ring (bicyclic) bond motifs is 2. The summed E-state index contributed by atoms with van der Waals surface area (Å²) in [7, 11) is 2.24. The predicted molar refractivity (Wildman–Crippen MR) is 84.9 cm³/mol. The van der Waals surface area contributed by atoms with Crippen LogP contribution in [-0.4, -0.2) is 24.0 Å². The predicted octanol–water partition coefficient (Wildman–Crippen LogP) is 3.85. The maximum absolute atomic E-state index is 6.38. The number of likely N-dealkylation sites (N-methyl/N-ethyl adjacent to an activating group) is 1. The standard InChI is InChI=1S/C17H25ClN2/c1-12(15-5-3-4-6-16(15)18)20(2)17(11-19)10-13-7-8-14(17)9-13/h3-6,12-14H,7-11,19H2,1-2H3. The van der Waals surface area contributed by atoms with E-state index in [0.29, 0.717) is 6.04 Å². The van der Waals surface area contributed by atoms with Gasteiger partial charge >= 0.3 is 0 Å². The summed E-state index contributed by atoms with van der Waals surface area (Å²) in [6.07, 6.45) is 5.39. The van der Waals surface area contributed by atoms with Crippen molar-refractivity contribution >= 4 is 11.6 Å². The number of nitrogens with two attached hydrogens (primary N) is 1. The molecule has 4 atom stereocenters. The van der Waals surface area contributed by atoms with Crippen molar-refractivity contribution in [3.8, 4) is 0 Å². The van der Waals surface area contributed by atoms with Crippen molar-refractivity contribution in [3.63, 3.8) is 0 Å². The third-order valence-corrected chi connectivity index (χ3v) is 6.28. The van der Waals surface area contributed by atoms with Crippen molar-refractivity contribution in [1.29, 1.82) is 0 Å². The molecule has 20 heavy (non-hydrogen) atoms. The maximum atomic E-state index is 6.38. The third-order valence-electron chi connectivity index (χ3n) is 5.94. The lowest BCUT2D eigenvalue weighted by atomic mass is 9.78. The van der Waals surface area contributed by atoms with Gasteiger partial charge in [-0.05, 0) is 56.7 Å². The van der Waals surface area contributed by atoms with Gasteiger partial charge in [0.2, 0.25) is 0 Å². The van der Waals surface area contributed by atoms with Crippen molar-refractivity contribution in [2.75, 3.05) is 13.6 Å². The van der Waals surface area contributed by atoms with Crippen LogP contribution in [0, 0.1) is 11.8 Å². The zero-order chi connectivity index (χ0) is 14.3. The smallest absolute Gasteiger partial charge is 0.0453 e. The number of benzene rings is 1. The average Bonchev–Trinajstić information content (AvgIpc) is 3.07. The second-order valence-corrected chi connectivity index (χ2v) is 7.10. The molecule has 2 N–H and O–H groups in total. The van der Waals surface area contributed by atoms with Crippen LogP contribution in [0.1, 0.15) is 44.2 Å². The summed E-state index contributed by atoms with van der Waals surface area (Å²) in [6, 6.07) is 8.50. The van der Waals surface area contributed by atoms with E-state index in [1.54, 1.807) is 0 Å². The van der Waals surface area contributed by atoms with Gasteiger partial charge in [-0.1, -0.05) is 36.2 Å². The van der Waals surface area contributed by atoms with E-state index < -0.39 is 0 Å². The number of hydrogen-bond acceptors (Lipinski definition) is 2. The molecule has 0 saturated heterocycles. The molecule has 1 aromatic carbocycles. The largest absolute Gasteiger partial charge is 0.329 e. The summed E-state index contributed by atoms with van der Waals surface area (Å²) >= 11 is 6.38. The molecular formula is C17H25ClN2. The van der Waals surface area contributed by atoms with Gasteiger partial charge in [0.1, 0.15) is 0 Å². The topological polar surface area (TPSA) is 29.3 Å². The number of nitrogens with zero attached hydrogens (tertiary/aromatic N) is 1. The van der Waals surface area contributed by atoms with E-state index in [4.69, 9.17) is 17.3 Å². The van der Waals surface area contributed by atoms with E-state index in [2.05, 4.69) is 31.0 Å². The minimum Gasteiger partial charge on any atom is -0.329 e. The quantitative estimate of drug-likeness (QED) is 0.913. The minimum absolute atomic E-state index is 0.182. The van der Waals surface area contributed by atoms with Crippen LogP contribution in [0.3, 0.4) is 0 Å². The van der Waals surface area contributed by atoms with Gasteiger partial charge in [-0.3, -0.25) is 4.90 Å². The van der Waals surface area contributed by atoms with E-state index >= 15 is 0 Å². The van der Waals surface area contributed by atoms with Gasteiger partial charge in [0.05, 0.1) is 0 Å². The number of hydrogen-bond donors (Lipinski definition) is 1. The van der Waals surface area contributed by atoms with Crippen molar-refractivity contribution in [3.05, 3.63) is 34.9 Å². The van der Waals surface area contributed by atoms with Crippen molar-refractivity contribution in [2.45, 2.75) is 44.2 Å². The Morgan fingerprint density at radius 3 is 2.70 bits per heavy atom. The van der Waals surface area contributed by atoms with Gasteiger partial charge in [-0.2, -0.15) is 0 Å².